The first-order valence-corrected chi connectivity index (χ1v) is 5.85. The quantitative estimate of drug-likeness (QED) is 0.526. The summed E-state index contributed by atoms with van der Waals surface area (Å²) in [5.41, 5.74) is -0.443. The van der Waals surface area contributed by atoms with Crippen LogP contribution in [-0.2, 0) is 14.3 Å². The summed E-state index contributed by atoms with van der Waals surface area (Å²) >= 11 is 0. The van der Waals surface area contributed by atoms with Gasteiger partial charge in [-0.05, 0) is 38.0 Å². The van der Waals surface area contributed by atoms with Crippen LogP contribution in [0, 0.1) is 17.3 Å². The van der Waals surface area contributed by atoms with Gasteiger partial charge in [-0.25, -0.2) is 0 Å². The molecule has 2 fully saturated rings. The summed E-state index contributed by atoms with van der Waals surface area (Å²) in [6.07, 6.45) is 5.52. The molecular weight excluding hydrogens is 192 g/mol. The predicted octanol–water partition coefficient (Wildman–Crippen LogP) is 1.94. The van der Waals surface area contributed by atoms with E-state index in [9.17, 15) is 9.59 Å². The van der Waals surface area contributed by atoms with Crippen molar-refractivity contribution in [2.45, 2.75) is 39.0 Å². The third-order valence-corrected chi connectivity index (χ3v) is 3.96. The third-order valence-electron chi connectivity index (χ3n) is 3.96. The monoisotopic (exact) mass is 210 g/mol. The number of ether oxygens (including phenoxy) is 1. The molecule has 0 heterocycles. The fourth-order valence-corrected chi connectivity index (χ4v) is 3.16. The van der Waals surface area contributed by atoms with Crippen LogP contribution in [0.25, 0.3) is 0 Å². The Bertz CT molecular complexity index is 274. The van der Waals surface area contributed by atoms with Gasteiger partial charge in [0.25, 0.3) is 0 Å². The summed E-state index contributed by atoms with van der Waals surface area (Å²) in [6.45, 7) is 2.46. The molecule has 0 aromatic rings. The lowest BCUT2D eigenvalue weighted by molar-refractivity contribution is -0.159. The molecule has 2 saturated carbocycles. The van der Waals surface area contributed by atoms with E-state index in [0.717, 1.165) is 38.4 Å². The smallest absolute Gasteiger partial charge is 0.312 e. The lowest BCUT2D eigenvalue weighted by atomic mass is 9.76. The van der Waals surface area contributed by atoms with E-state index in [2.05, 4.69) is 0 Å². The van der Waals surface area contributed by atoms with Crippen molar-refractivity contribution in [2.24, 2.45) is 17.3 Å². The van der Waals surface area contributed by atoms with Crippen molar-refractivity contribution < 1.29 is 14.3 Å². The summed E-state index contributed by atoms with van der Waals surface area (Å²) in [5, 5.41) is 0. The van der Waals surface area contributed by atoms with Gasteiger partial charge >= 0.3 is 5.97 Å². The molecule has 2 bridgehead atoms. The summed E-state index contributed by atoms with van der Waals surface area (Å²) in [4.78, 5) is 22.9. The average Bonchev–Trinajstić information content (AvgIpc) is 2.83. The normalized spacial score (nSPS) is 37.9. The van der Waals surface area contributed by atoms with Crippen molar-refractivity contribution in [3.63, 3.8) is 0 Å². The second kappa shape index (κ2) is 3.95. The molecule has 0 aliphatic heterocycles. The average molecular weight is 210 g/mol. The van der Waals surface area contributed by atoms with Crippen molar-refractivity contribution in [1.29, 1.82) is 0 Å². The van der Waals surface area contributed by atoms with Crippen LogP contribution in [0.5, 0.6) is 0 Å². The molecule has 0 spiro atoms. The Kier molecular flexibility index (Phi) is 2.81. The molecule has 2 rings (SSSR count). The Morgan fingerprint density at radius 2 is 2.40 bits per heavy atom. The summed E-state index contributed by atoms with van der Waals surface area (Å²) in [5.74, 6) is 0.372. The standard InChI is InChI=1S/C12H18O3/c1-2-5-15-11(14)12-4-3-9(7-12)6-10(12)8-13/h8-10H,2-7H2,1H3. The molecule has 15 heavy (non-hydrogen) atoms. The number of hydrogen-bond donors (Lipinski definition) is 0. The molecule has 0 aromatic carbocycles. The molecule has 3 unspecified atom stereocenters. The van der Waals surface area contributed by atoms with E-state index in [-0.39, 0.29) is 11.9 Å². The number of esters is 1. The minimum Gasteiger partial charge on any atom is -0.465 e. The second-order valence-corrected chi connectivity index (χ2v) is 4.88. The molecule has 3 atom stereocenters. The van der Waals surface area contributed by atoms with Crippen LogP contribution in [0.2, 0.25) is 0 Å². The van der Waals surface area contributed by atoms with E-state index in [1.54, 1.807) is 0 Å². The Hall–Kier alpha value is -0.860. The van der Waals surface area contributed by atoms with E-state index in [1.165, 1.54) is 0 Å². The van der Waals surface area contributed by atoms with Gasteiger partial charge in [0.15, 0.2) is 0 Å². The first kappa shape index (κ1) is 10.7. The molecule has 2 aliphatic rings. The van der Waals surface area contributed by atoms with Gasteiger partial charge in [0.1, 0.15) is 6.29 Å². The Labute approximate surface area is 90.2 Å². The zero-order valence-electron chi connectivity index (χ0n) is 9.20. The van der Waals surface area contributed by atoms with Gasteiger partial charge in [-0.15, -0.1) is 0 Å². The highest BCUT2D eigenvalue weighted by molar-refractivity contribution is 5.82. The van der Waals surface area contributed by atoms with Gasteiger partial charge < -0.3 is 9.53 Å². The summed E-state index contributed by atoms with van der Waals surface area (Å²) < 4.78 is 5.23. The number of carbonyl (C=O) groups excluding carboxylic acids is 2. The maximum Gasteiger partial charge on any atom is 0.312 e. The maximum absolute atomic E-state index is 12.0. The highest BCUT2D eigenvalue weighted by Crippen LogP contribution is 2.57. The van der Waals surface area contributed by atoms with Crippen molar-refractivity contribution in [1.82, 2.24) is 0 Å². The fraction of sp³-hybridized carbons (Fsp3) is 0.833. The van der Waals surface area contributed by atoms with Crippen LogP contribution >= 0.6 is 0 Å². The maximum atomic E-state index is 12.0. The van der Waals surface area contributed by atoms with Crippen molar-refractivity contribution in [3.8, 4) is 0 Å². The van der Waals surface area contributed by atoms with E-state index in [1.807, 2.05) is 6.92 Å². The number of hydrogen-bond acceptors (Lipinski definition) is 3. The summed E-state index contributed by atoms with van der Waals surface area (Å²) in [6, 6.07) is 0. The van der Waals surface area contributed by atoms with Crippen LogP contribution < -0.4 is 0 Å². The second-order valence-electron chi connectivity index (χ2n) is 4.88. The lowest BCUT2D eigenvalue weighted by Gasteiger charge is -2.29. The Balaban J connectivity index is 2.09. The van der Waals surface area contributed by atoms with Crippen LogP contribution in [0.4, 0.5) is 0 Å². The molecule has 0 saturated heterocycles. The van der Waals surface area contributed by atoms with Crippen molar-refractivity contribution in [2.75, 3.05) is 6.61 Å². The van der Waals surface area contributed by atoms with Gasteiger partial charge in [0.2, 0.25) is 0 Å². The molecule has 84 valence electrons. The highest BCUT2D eigenvalue weighted by atomic mass is 16.5. The van der Waals surface area contributed by atoms with E-state index < -0.39 is 5.41 Å². The zero-order chi connectivity index (χ0) is 10.9. The molecule has 0 amide bonds. The van der Waals surface area contributed by atoms with Crippen molar-refractivity contribution in [3.05, 3.63) is 0 Å². The largest absolute Gasteiger partial charge is 0.465 e. The topological polar surface area (TPSA) is 43.4 Å². The SMILES string of the molecule is CCCOC(=O)C12CCC(CC1C=O)C2. The minimum atomic E-state index is -0.443. The third kappa shape index (κ3) is 1.58. The molecule has 3 heteroatoms. The Morgan fingerprint density at radius 1 is 1.60 bits per heavy atom. The fourth-order valence-electron chi connectivity index (χ4n) is 3.16. The van der Waals surface area contributed by atoms with Gasteiger partial charge in [-0.3, -0.25) is 4.79 Å². The van der Waals surface area contributed by atoms with Gasteiger partial charge in [-0.2, -0.15) is 0 Å². The number of fused-ring (bicyclic) bond motifs is 2. The number of rotatable bonds is 4. The molecule has 0 aromatic heterocycles. The van der Waals surface area contributed by atoms with Crippen LogP contribution in [0.3, 0.4) is 0 Å². The molecule has 0 radical (unpaired) electrons. The van der Waals surface area contributed by atoms with Crippen molar-refractivity contribution >= 4 is 12.3 Å². The number of aldehydes is 1. The molecule has 0 N–H and O–H groups in total. The molecule has 3 nitrogen and oxygen atoms in total. The van der Waals surface area contributed by atoms with Gasteiger partial charge in [-0.1, -0.05) is 6.92 Å². The highest BCUT2D eigenvalue weighted by Gasteiger charge is 2.57. The van der Waals surface area contributed by atoms with E-state index in [4.69, 9.17) is 4.74 Å². The first-order valence-electron chi connectivity index (χ1n) is 5.85. The lowest BCUT2D eigenvalue weighted by Crippen LogP contribution is -2.36. The van der Waals surface area contributed by atoms with Crippen LogP contribution in [0.15, 0.2) is 0 Å². The molecule has 2 aliphatic carbocycles. The first-order chi connectivity index (χ1) is 7.23. The predicted molar refractivity (Wildman–Crippen MR) is 55.2 cm³/mol. The van der Waals surface area contributed by atoms with Gasteiger partial charge in [0.05, 0.1) is 12.0 Å². The van der Waals surface area contributed by atoms with Crippen LogP contribution in [-0.4, -0.2) is 18.9 Å². The minimum absolute atomic E-state index is 0.0828. The Morgan fingerprint density at radius 3 is 3.00 bits per heavy atom. The zero-order valence-corrected chi connectivity index (χ0v) is 9.20. The molecular formula is C12H18O3. The van der Waals surface area contributed by atoms with E-state index in [0.29, 0.717) is 12.5 Å². The van der Waals surface area contributed by atoms with E-state index >= 15 is 0 Å². The van der Waals surface area contributed by atoms with Crippen LogP contribution in [0.1, 0.15) is 39.0 Å². The van der Waals surface area contributed by atoms with Gasteiger partial charge in [0, 0.05) is 5.92 Å². The summed E-state index contributed by atoms with van der Waals surface area (Å²) in [7, 11) is 0. The number of carbonyl (C=O) groups is 2.